The highest BCUT2D eigenvalue weighted by Crippen LogP contribution is 2.27. The van der Waals surface area contributed by atoms with Crippen molar-refractivity contribution in [2.45, 2.75) is 31.8 Å². The first-order valence-electron chi connectivity index (χ1n) is 5.46. The van der Waals surface area contributed by atoms with Gasteiger partial charge in [0, 0.05) is 12.1 Å². The first-order valence-corrected chi connectivity index (χ1v) is 5.46. The summed E-state index contributed by atoms with van der Waals surface area (Å²) in [6.07, 6.45) is 4.77. The number of nitriles is 1. The molecule has 0 amide bonds. The zero-order valence-electron chi connectivity index (χ0n) is 8.90. The van der Waals surface area contributed by atoms with Crippen LogP contribution in [0.15, 0.2) is 18.3 Å². The molecule has 1 aliphatic carbocycles. The van der Waals surface area contributed by atoms with E-state index in [1.807, 2.05) is 0 Å². The van der Waals surface area contributed by atoms with Crippen molar-refractivity contribution in [1.29, 1.82) is 5.26 Å². The third kappa shape index (κ3) is 2.48. The van der Waals surface area contributed by atoms with Crippen molar-refractivity contribution in [2.75, 3.05) is 0 Å². The third-order valence-electron chi connectivity index (χ3n) is 2.86. The summed E-state index contributed by atoms with van der Waals surface area (Å²) < 4.78 is 18.7. The minimum absolute atomic E-state index is 0.00556. The number of halogens is 1. The molecule has 1 saturated carbocycles. The van der Waals surface area contributed by atoms with Gasteiger partial charge in [0.15, 0.2) is 5.82 Å². The fraction of sp³-hybridized carbons (Fsp3) is 0.500. The van der Waals surface area contributed by atoms with Crippen molar-refractivity contribution in [1.82, 2.24) is 4.98 Å². The second kappa shape index (κ2) is 4.93. The molecule has 4 heteroatoms. The maximum Gasteiger partial charge on any atom is 0.250 e. The number of aromatic nitrogens is 1. The van der Waals surface area contributed by atoms with Gasteiger partial charge in [-0.25, -0.2) is 9.37 Å². The van der Waals surface area contributed by atoms with Gasteiger partial charge in [-0.1, -0.05) is 0 Å². The van der Waals surface area contributed by atoms with Crippen LogP contribution < -0.4 is 4.74 Å². The first kappa shape index (κ1) is 10.9. The number of hydrogen-bond donors (Lipinski definition) is 0. The summed E-state index contributed by atoms with van der Waals surface area (Å²) in [4.78, 5) is 3.85. The van der Waals surface area contributed by atoms with Crippen molar-refractivity contribution in [3.05, 3.63) is 24.1 Å². The third-order valence-corrected chi connectivity index (χ3v) is 2.86. The van der Waals surface area contributed by atoms with Crippen molar-refractivity contribution in [2.24, 2.45) is 5.92 Å². The predicted octanol–water partition coefficient (Wildman–Crippen LogP) is 2.68. The lowest BCUT2D eigenvalue weighted by Crippen LogP contribution is -2.24. The fourth-order valence-corrected chi connectivity index (χ4v) is 1.93. The highest BCUT2D eigenvalue weighted by atomic mass is 19.1. The van der Waals surface area contributed by atoms with Crippen LogP contribution in [0.4, 0.5) is 4.39 Å². The number of pyridine rings is 1. The van der Waals surface area contributed by atoms with Crippen LogP contribution in [0.3, 0.4) is 0 Å². The smallest absolute Gasteiger partial charge is 0.250 e. The highest BCUT2D eigenvalue weighted by molar-refractivity contribution is 5.13. The lowest BCUT2D eigenvalue weighted by atomic mass is 9.88. The molecule has 3 nitrogen and oxygen atoms in total. The number of hydrogen-bond acceptors (Lipinski definition) is 3. The molecule has 1 aliphatic rings. The van der Waals surface area contributed by atoms with Gasteiger partial charge in [0.2, 0.25) is 0 Å². The molecule has 0 aliphatic heterocycles. The van der Waals surface area contributed by atoms with Crippen LogP contribution in [0.25, 0.3) is 0 Å². The van der Waals surface area contributed by atoms with Gasteiger partial charge in [0.1, 0.15) is 6.10 Å². The largest absolute Gasteiger partial charge is 0.472 e. The average molecular weight is 220 g/mol. The van der Waals surface area contributed by atoms with Crippen molar-refractivity contribution in [3.63, 3.8) is 0 Å². The van der Waals surface area contributed by atoms with Gasteiger partial charge in [0.05, 0.1) is 6.07 Å². The van der Waals surface area contributed by atoms with Gasteiger partial charge in [-0.3, -0.25) is 0 Å². The summed E-state index contributed by atoms with van der Waals surface area (Å²) >= 11 is 0. The van der Waals surface area contributed by atoms with Crippen LogP contribution in [0.1, 0.15) is 25.7 Å². The minimum atomic E-state index is -0.426. The van der Waals surface area contributed by atoms with Crippen LogP contribution in [0.2, 0.25) is 0 Å². The first-order chi connectivity index (χ1) is 7.79. The Bertz CT molecular complexity index is 394. The molecular formula is C12H13FN2O. The van der Waals surface area contributed by atoms with E-state index >= 15 is 0 Å². The molecule has 0 spiro atoms. The fourth-order valence-electron chi connectivity index (χ4n) is 1.93. The van der Waals surface area contributed by atoms with Crippen molar-refractivity contribution in [3.8, 4) is 11.9 Å². The molecule has 0 N–H and O–H groups in total. The molecule has 0 radical (unpaired) electrons. The number of nitrogens with zero attached hydrogens (tertiary/aromatic N) is 2. The van der Waals surface area contributed by atoms with Crippen LogP contribution in [0, 0.1) is 23.1 Å². The van der Waals surface area contributed by atoms with Gasteiger partial charge < -0.3 is 4.74 Å². The Labute approximate surface area is 93.9 Å². The predicted molar refractivity (Wildman–Crippen MR) is 56.2 cm³/mol. The van der Waals surface area contributed by atoms with E-state index in [0.29, 0.717) is 0 Å². The van der Waals surface area contributed by atoms with Crippen LogP contribution >= 0.6 is 0 Å². The minimum Gasteiger partial charge on any atom is -0.472 e. The van der Waals surface area contributed by atoms with E-state index in [-0.39, 0.29) is 17.9 Å². The maximum absolute atomic E-state index is 13.2. The summed E-state index contributed by atoms with van der Waals surface area (Å²) in [7, 11) is 0. The Morgan fingerprint density at radius 2 is 2.12 bits per heavy atom. The lowest BCUT2D eigenvalue weighted by molar-refractivity contribution is 0.131. The average Bonchev–Trinajstić information content (AvgIpc) is 2.33. The van der Waals surface area contributed by atoms with Gasteiger partial charge in [-0.05, 0) is 37.8 Å². The zero-order valence-corrected chi connectivity index (χ0v) is 8.90. The van der Waals surface area contributed by atoms with E-state index in [9.17, 15) is 4.39 Å². The summed E-state index contributed by atoms with van der Waals surface area (Å²) in [6.45, 7) is 0. The van der Waals surface area contributed by atoms with Crippen LogP contribution in [-0.2, 0) is 0 Å². The van der Waals surface area contributed by atoms with Crippen LogP contribution in [0.5, 0.6) is 5.88 Å². The molecule has 0 unspecified atom stereocenters. The second-order valence-electron chi connectivity index (χ2n) is 4.01. The molecule has 0 atom stereocenters. The molecule has 1 aromatic rings. The standard InChI is InChI=1S/C12H13FN2O/c13-11-2-1-7-15-12(11)16-10-5-3-9(8-14)4-6-10/h1-2,7,9-10H,3-6H2/t9-,10-. The summed E-state index contributed by atoms with van der Waals surface area (Å²) in [5.74, 6) is -0.221. The second-order valence-corrected chi connectivity index (χ2v) is 4.01. The van der Waals surface area contributed by atoms with Gasteiger partial charge in [-0.2, -0.15) is 5.26 Å². The summed E-state index contributed by atoms with van der Waals surface area (Å²) in [5.41, 5.74) is 0. The van der Waals surface area contributed by atoms with Crippen LogP contribution in [-0.4, -0.2) is 11.1 Å². The van der Waals surface area contributed by atoms with Crippen molar-refractivity contribution < 1.29 is 9.13 Å². The van der Waals surface area contributed by atoms with Crippen molar-refractivity contribution >= 4 is 0 Å². The maximum atomic E-state index is 13.2. The topological polar surface area (TPSA) is 45.9 Å². The Balaban J connectivity index is 1.93. The lowest BCUT2D eigenvalue weighted by Gasteiger charge is -2.25. The SMILES string of the molecule is N#C[C@H]1CC[C@H](Oc2ncccc2F)CC1. The quantitative estimate of drug-likeness (QED) is 0.769. The monoisotopic (exact) mass is 220 g/mol. The molecule has 1 fully saturated rings. The molecule has 1 aromatic heterocycles. The molecule has 1 heterocycles. The summed E-state index contributed by atoms with van der Waals surface area (Å²) in [5, 5.41) is 8.75. The van der Waals surface area contributed by atoms with E-state index in [2.05, 4.69) is 11.1 Å². The number of ether oxygens (including phenoxy) is 1. The Kier molecular flexibility index (Phi) is 3.35. The van der Waals surface area contributed by atoms with Gasteiger partial charge in [-0.15, -0.1) is 0 Å². The molecule has 0 aromatic carbocycles. The summed E-state index contributed by atoms with van der Waals surface area (Å²) in [6, 6.07) is 5.13. The molecule has 16 heavy (non-hydrogen) atoms. The van der Waals surface area contributed by atoms with E-state index in [4.69, 9.17) is 10.00 Å². The Morgan fingerprint density at radius 3 is 2.75 bits per heavy atom. The van der Waals surface area contributed by atoms with E-state index < -0.39 is 5.82 Å². The van der Waals surface area contributed by atoms with E-state index in [1.165, 1.54) is 18.3 Å². The molecule has 0 saturated heterocycles. The van der Waals surface area contributed by atoms with Gasteiger partial charge in [0.25, 0.3) is 5.88 Å². The highest BCUT2D eigenvalue weighted by Gasteiger charge is 2.23. The van der Waals surface area contributed by atoms with E-state index in [1.54, 1.807) is 0 Å². The molecular weight excluding hydrogens is 207 g/mol. The van der Waals surface area contributed by atoms with E-state index in [0.717, 1.165) is 25.7 Å². The van der Waals surface area contributed by atoms with Gasteiger partial charge >= 0.3 is 0 Å². The number of rotatable bonds is 2. The molecule has 0 bridgehead atoms. The molecule has 2 rings (SSSR count). The molecule has 84 valence electrons. The zero-order chi connectivity index (χ0) is 11.4. The normalized spacial score (nSPS) is 24.8. The Morgan fingerprint density at radius 1 is 1.38 bits per heavy atom. The Hall–Kier alpha value is -1.63.